The second kappa shape index (κ2) is 7.09. The van der Waals surface area contributed by atoms with E-state index in [-0.39, 0.29) is 7.97 Å². The third-order valence-electron chi connectivity index (χ3n) is 1.15. The highest BCUT2D eigenvalue weighted by Crippen LogP contribution is 1.90. The number of rotatable bonds is 2. The predicted molar refractivity (Wildman–Crippen MR) is 52.6 cm³/mol. The third-order valence-corrected chi connectivity index (χ3v) is 1.15. The van der Waals surface area contributed by atoms with Gasteiger partial charge in [0.1, 0.15) is 0 Å². The first-order valence-electron chi connectivity index (χ1n) is 4.16. The molecule has 0 aliphatic carbocycles. The van der Waals surface area contributed by atoms with Crippen molar-refractivity contribution in [3.05, 3.63) is 30.1 Å². The molecule has 0 aromatic carbocycles. The van der Waals surface area contributed by atoms with Crippen LogP contribution in [0.2, 0.25) is 0 Å². The summed E-state index contributed by atoms with van der Waals surface area (Å²) < 4.78 is 0. The molecule has 0 aliphatic rings. The van der Waals surface area contributed by atoms with E-state index in [9.17, 15) is 4.79 Å². The highest BCUT2D eigenvalue weighted by Gasteiger charge is 1.94. The topological polar surface area (TPSA) is 62.2 Å². The molecular weight excluding hydrogens is 168 g/mol. The number of pyridine rings is 1. The average Bonchev–Trinajstić information content (AvgIpc) is 2.19. The molecule has 0 aliphatic heterocycles. The van der Waals surface area contributed by atoms with Crippen LogP contribution in [0.15, 0.2) is 24.4 Å². The largest absolute Gasteiger partial charge is 0.465 e. The van der Waals surface area contributed by atoms with Crippen LogP contribution >= 0.6 is 0 Å². The van der Waals surface area contributed by atoms with Gasteiger partial charge in [-0.15, -0.1) is 0 Å². The van der Waals surface area contributed by atoms with Crippen molar-refractivity contribution in [2.75, 3.05) is 0 Å². The molecule has 1 rings (SSSR count). The lowest BCUT2D eigenvalue weighted by molar-refractivity contribution is 0.194. The molecule has 1 aromatic rings. The van der Waals surface area contributed by atoms with Gasteiger partial charge in [0, 0.05) is 7.62 Å². The van der Waals surface area contributed by atoms with Gasteiger partial charge in [-0.3, -0.25) is 4.98 Å². The summed E-state index contributed by atoms with van der Waals surface area (Å²) in [5, 5.41) is 10.5. The van der Waals surface area contributed by atoms with E-state index in [2.05, 4.69) is 10.3 Å². The minimum Gasteiger partial charge on any atom is -0.465 e. The molecule has 74 valence electrons. The van der Waals surface area contributed by atoms with Crippen LogP contribution in [0.5, 0.6) is 0 Å². The summed E-state index contributed by atoms with van der Waals surface area (Å²) in [6.45, 7) is 4.26. The number of carbonyl (C=O) groups is 1. The molecule has 1 amide bonds. The molecule has 0 spiro atoms. The molecular formula is C9H16N2O2. The predicted octanol–water partition coefficient (Wildman–Crippen LogP) is 2.12. The number of hydrogen-bond acceptors (Lipinski definition) is 2. The number of aromatic nitrogens is 1. The fraction of sp³-hybridized carbons (Fsp3) is 0.333. The highest BCUT2D eigenvalue weighted by atomic mass is 16.4. The van der Waals surface area contributed by atoms with E-state index < -0.39 is 6.09 Å². The maximum absolute atomic E-state index is 10.0. The van der Waals surface area contributed by atoms with Gasteiger partial charge in [-0.2, -0.15) is 0 Å². The van der Waals surface area contributed by atoms with E-state index in [0.29, 0.717) is 0 Å². The SMILES string of the molecule is CC.O=C(O)NCc1ccccn1.[HH]. The molecule has 4 nitrogen and oxygen atoms in total. The van der Waals surface area contributed by atoms with Crippen LogP contribution in [0, 0.1) is 0 Å². The molecule has 0 unspecified atom stereocenters. The molecule has 4 heteroatoms. The normalized spacial score (nSPS) is 8.15. The maximum Gasteiger partial charge on any atom is 0.404 e. The molecule has 1 aromatic heterocycles. The van der Waals surface area contributed by atoms with E-state index in [1.165, 1.54) is 0 Å². The Bertz CT molecular complexity index is 242. The number of nitrogens with zero attached hydrogens (tertiary/aromatic N) is 1. The average molecular weight is 184 g/mol. The Morgan fingerprint density at radius 2 is 2.31 bits per heavy atom. The molecule has 0 saturated heterocycles. The van der Waals surface area contributed by atoms with E-state index in [4.69, 9.17) is 5.11 Å². The number of hydrogen-bond donors (Lipinski definition) is 2. The quantitative estimate of drug-likeness (QED) is 0.740. The Morgan fingerprint density at radius 1 is 1.62 bits per heavy atom. The highest BCUT2D eigenvalue weighted by molar-refractivity contribution is 5.64. The van der Waals surface area contributed by atoms with E-state index >= 15 is 0 Å². The van der Waals surface area contributed by atoms with Crippen molar-refractivity contribution < 1.29 is 11.3 Å². The summed E-state index contributed by atoms with van der Waals surface area (Å²) in [7, 11) is 0. The Balaban J connectivity index is 0. The van der Waals surface area contributed by atoms with Gasteiger partial charge in [0.05, 0.1) is 12.2 Å². The minimum atomic E-state index is -1.03. The van der Waals surface area contributed by atoms with Crippen LogP contribution in [-0.4, -0.2) is 16.2 Å². The molecule has 0 saturated carbocycles. The summed E-state index contributed by atoms with van der Waals surface area (Å²) in [5.74, 6) is 0. The van der Waals surface area contributed by atoms with E-state index in [1.54, 1.807) is 18.3 Å². The zero-order valence-electron chi connectivity index (χ0n) is 7.82. The second-order valence-electron chi connectivity index (χ2n) is 1.98. The van der Waals surface area contributed by atoms with Gasteiger partial charge in [0.15, 0.2) is 0 Å². The zero-order valence-corrected chi connectivity index (χ0v) is 7.82. The minimum absolute atomic E-state index is 0. The Kier molecular flexibility index (Phi) is 6.23. The molecule has 0 radical (unpaired) electrons. The Hall–Kier alpha value is -1.58. The standard InChI is InChI=1S/C7H8N2O2.C2H6.H2/c10-7(11)9-5-6-3-1-2-4-8-6;1-2;/h1-4,9H,5H2,(H,10,11);1-2H3;1H. The first kappa shape index (κ1) is 11.4. The van der Waals surface area contributed by atoms with Crippen molar-refractivity contribution in [3.63, 3.8) is 0 Å². The fourth-order valence-corrected chi connectivity index (χ4v) is 0.669. The van der Waals surface area contributed by atoms with Crippen LogP contribution in [0.4, 0.5) is 4.79 Å². The van der Waals surface area contributed by atoms with Crippen LogP contribution in [0.1, 0.15) is 21.0 Å². The summed E-state index contributed by atoms with van der Waals surface area (Å²) in [6, 6.07) is 5.35. The van der Waals surface area contributed by atoms with Gasteiger partial charge in [-0.25, -0.2) is 4.79 Å². The molecule has 0 fully saturated rings. The van der Waals surface area contributed by atoms with Gasteiger partial charge in [0.25, 0.3) is 0 Å². The van der Waals surface area contributed by atoms with Crippen molar-refractivity contribution in [1.29, 1.82) is 0 Å². The maximum atomic E-state index is 10.0. The lowest BCUT2D eigenvalue weighted by Gasteiger charge is -1.97. The van der Waals surface area contributed by atoms with Crippen LogP contribution in [-0.2, 0) is 6.54 Å². The number of amides is 1. The van der Waals surface area contributed by atoms with Gasteiger partial charge in [-0.1, -0.05) is 19.9 Å². The molecule has 0 atom stereocenters. The monoisotopic (exact) mass is 184 g/mol. The summed E-state index contributed by atoms with van der Waals surface area (Å²) in [6.07, 6.45) is 0.592. The van der Waals surface area contributed by atoms with Crippen molar-refractivity contribution in [2.45, 2.75) is 20.4 Å². The number of carboxylic acid groups (broad SMARTS) is 1. The Morgan fingerprint density at radius 3 is 2.77 bits per heavy atom. The van der Waals surface area contributed by atoms with E-state index in [0.717, 1.165) is 5.69 Å². The fourth-order valence-electron chi connectivity index (χ4n) is 0.669. The van der Waals surface area contributed by atoms with Crippen LogP contribution in [0.25, 0.3) is 0 Å². The van der Waals surface area contributed by atoms with Crippen molar-refractivity contribution >= 4 is 6.09 Å². The summed E-state index contributed by atoms with van der Waals surface area (Å²) in [5.41, 5.74) is 0.718. The molecule has 13 heavy (non-hydrogen) atoms. The molecule has 1 heterocycles. The van der Waals surface area contributed by atoms with Crippen molar-refractivity contribution in [2.24, 2.45) is 0 Å². The summed E-state index contributed by atoms with van der Waals surface area (Å²) in [4.78, 5) is 14.0. The first-order chi connectivity index (χ1) is 6.29. The van der Waals surface area contributed by atoms with Gasteiger partial charge < -0.3 is 10.4 Å². The van der Waals surface area contributed by atoms with Gasteiger partial charge in [0.2, 0.25) is 0 Å². The lowest BCUT2D eigenvalue weighted by Crippen LogP contribution is -2.20. The third kappa shape index (κ3) is 5.66. The second-order valence-corrected chi connectivity index (χ2v) is 1.98. The van der Waals surface area contributed by atoms with E-state index in [1.807, 2.05) is 19.9 Å². The first-order valence-corrected chi connectivity index (χ1v) is 4.16. The lowest BCUT2D eigenvalue weighted by atomic mass is 10.3. The molecule has 0 bridgehead atoms. The smallest absolute Gasteiger partial charge is 0.404 e. The van der Waals surface area contributed by atoms with Gasteiger partial charge >= 0.3 is 6.09 Å². The van der Waals surface area contributed by atoms with Crippen molar-refractivity contribution in [3.8, 4) is 0 Å². The summed E-state index contributed by atoms with van der Waals surface area (Å²) >= 11 is 0. The number of nitrogens with one attached hydrogen (secondary N) is 1. The Labute approximate surface area is 79.1 Å². The van der Waals surface area contributed by atoms with Crippen LogP contribution < -0.4 is 5.32 Å². The zero-order chi connectivity index (χ0) is 10.1. The van der Waals surface area contributed by atoms with Crippen molar-refractivity contribution in [1.82, 2.24) is 10.3 Å². The van der Waals surface area contributed by atoms with Crippen LogP contribution in [0.3, 0.4) is 0 Å². The van der Waals surface area contributed by atoms with Gasteiger partial charge in [-0.05, 0) is 12.1 Å². The molecule has 2 N–H and O–H groups in total.